The third-order valence-electron chi connectivity index (χ3n) is 3.86. The van der Waals surface area contributed by atoms with E-state index in [0.717, 1.165) is 13.0 Å². The average Bonchev–Trinajstić information content (AvgIpc) is 2.60. The number of hydrogen-bond donors (Lipinski definition) is 2. The lowest BCUT2D eigenvalue weighted by molar-refractivity contribution is 0.265. The molecule has 2 nitrogen and oxygen atoms in total. The zero-order valence-electron chi connectivity index (χ0n) is 10.7. The SMILES string of the molecule is CCC1(CNCCC(C)(C)N)CCCC1. The molecule has 1 aliphatic carbocycles. The first kappa shape index (κ1) is 13.0. The second kappa shape index (κ2) is 5.31. The highest BCUT2D eigenvalue weighted by Gasteiger charge is 2.31. The van der Waals surface area contributed by atoms with Crippen LogP contribution in [0.2, 0.25) is 0 Å². The van der Waals surface area contributed by atoms with Crippen LogP contribution in [0.3, 0.4) is 0 Å². The summed E-state index contributed by atoms with van der Waals surface area (Å²) < 4.78 is 0. The molecule has 0 aromatic rings. The van der Waals surface area contributed by atoms with Crippen molar-refractivity contribution in [2.24, 2.45) is 11.1 Å². The zero-order chi connectivity index (χ0) is 11.4. The van der Waals surface area contributed by atoms with Crippen molar-refractivity contribution in [1.29, 1.82) is 0 Å². The summed E-state index contributed by atoms with van der Waals surface area (Å²) >= 11 is 0. The minimum atomic E-state index is -0.0257. The van der Waals surface area contributed by atoms with Gasteiger partial charge in [0.05, 0.1) is 0 Å². The molecule has 1 rings (SSSR count). The van der Waals surface area contributed by atoms with Crippen molar-refractivity contribution in [1.82, 2.24) is 5.32 Å². The molecule has 0 unspecified atom stereocenters. The minimum absolute atomic E-state index is 0.0257. The molecule has 1 fully saturated rings. The molecule has 0 bridgehead atoms. The van der Waals surface area contributed by atoms with Crippen LogP contribution in [0, 0.1) is 5.41 Å². The second-order valence-electron chi connectivity index (χ2n) is 5.98. The van der Waals surface area contributed by atoms with E-state index in [1.807, 2.05) is 0 Å². The molecule has 0 saturated heterocycles. The maximum atomic E-state index is 5.96. The van der Waals surface area contributed by atoms with Crippen molar-refractivity contribution in [3.05, 3.63) is 0 Å². The van der Waals surface area contributed by atoms with Gasteiger partial charge in [0.2, 0.25) is 0 Å². The standard InChI is InChI=1S/C13H28N2/c1-4-13(7-5-6-8-13)11-15-10-9-12(2,3)14/h15H,4-11,14H2,1-3H3. The Balaban J connectivity index is 2.18. The van der Waals surface area contributed by atoms with Crippen LogP contribution in [0.5, 0.6) is 0 Å². The summed E-state index contributed by atoms with van der Waals surface area (Å²) in [5.41, 5.74) is 6.54. The van der Waals surface area contributed by atoms with Gasteiger partial charge in [-0.05, 0) is 51.5 Å². The van der Waals surface area contributed by atoms with Gasteiger partial charge in [-0.3, -0.25) is 0 Å². The molecule has 1 aliphatic rings. The Kier molecular flexibility index (Phi) is 4.60. The molecule has 0 atom stereocenters. The van der Waals surface area contributed by atoms with Gasteiger partial charge in [-0.15, -0.1) is 0 Å². The van der Waals surface area contributed by atoms with Crippen LogP contribution in [0.1, 0.15) is 59.3 Å². The summed E-state index contributed by atoms with van der Waals surface area (Å²) in [7, 11) is 0. The van der Waals surface area contributed by atoms with E-state index in [0.29, 0.717) is 5.41 Å². The highest BCUT2D eigenvalue weighted by molar-refractivity contribution is 4.85. The third kappa shape index (κ3) is 4.52. The van der Waals surface area contributed by atoms with E-state index in [-0.39, 0.29) is 5.54 Å². The van der Waals surface area contributed by atoms with E-state index in [1.165, 1.54) is 38.6 Å². The molecule has 0 aromatic carbocycles. The predicted octanol–water partition coefficient (Wildman–Crippen LogP) is 2.67. The number of nitrogens with two attached hydrogens (primary N) is 1. The van der Waals surface area contributed by atoms with Crippen LogP contribution < -0.4 is 11.1 Å². The Morgan fingerprint density at radius 3 is 2.33 bits per heavy atom. The van der Waals surface area contributed by atoms with E-state index < -0.39 is 0 Å². The molecule has 0 amide bonds. The summed E-state index contributed by atoms with van der Waals surface area (Å²) in [6, 6.07) is 0. The van der Waals surface area contributed by atoms with E-state index in [4.69, 9.17) is 5.73 Å². The predicted molar refractivity (Wildman–Crippen MR) is 66.9 cm³/mol. The lowest BCUT2D eigenvalue weighted by atomic mass is 9.83. The molecule has 0 radical (unpaired) electrons. The van der Waals surface area contributed by atoms with Crippen molar-refractivity contribution in [2.75, 3.05) is 13.1 Å². The van der Waals surface area contributed by atoms with Gasteiger partial charge in [0.1, 0.15) is 0 Å². The van der Waals surface area contributed by atoms with Crippen molar-refractivity contribution >= 4 is 0 Å². The molecule has 2 heteroatoms. The van der Waals surface area contributed by atoms with Crippen LogP contribution in [0.4, 0.5) is 0 Å². The summed E-state index contributed by atoms with van der Waals surface area (Å²) in [6.45, 7) is 8.78. The Morgan fingerprint density at radius 2 is 1.87 bits per heavy atom. The topological polar surface area (TPSA) is 38.0 Å². The molecule has 1 saturated carbocycles. The van der Waals surface area contributed by atoms with Gasteiger partial charge in [0.15, 0.2) is 0 Å². The summed E-state index contributed by atoms with van der Waals surface area (Å²) in [4.78, 5) is 0. The quantitative estimate of drug-likeness (QED) is 0.664. The number of hydrogen-bond acceptors (Lipinski definition) is 2. The van der Waals surface area contributed by atoms with Gasteiger partial charge in [0, 0.05) is 12.1 Å². The minimum Gasteiger partial charge on any atom is -0.326 e. The lowest BCUT2D eigenvalue weighted by Crippen LogP contribution is -2.38. The number of nitrogens with one attached hydrogen (secondary N) is 1. The van der Waals surface area contributed by atoms with Crippen LogP contribution in [-0.2, 0) is 0 Å². The monoisotopic (exact) mass is 212 g/mol. The maximum Gasteiger partial charge on any atom is 0.0109 e. The average molecular weight is 212 g/mol. The molecule has 3 N–H and O–H groups in total. The fourth-order valence-corrected chi connectivity index (χ4v) is 2.54. The Morgan fingerprint density at radius 1 is 1.27 bits per heavy atom. The first-order chi connectivity index (χ1) is 6.97. The highest BCUT2D eigenvalue weighted by Crippen LogP contribution is 2.40. The fraction of sp³-hybridized carbons (Fsp3) is 1.00. The molecular weight excluding hydrogens is 184 g/mol. The molecule has 0 aliphatic heterocycles. The van der Waals surface area contributed by atoms with Gasteiger partial charge in [-0.25, -0.2) is 0 Å². The second-order valence-corrected chi connectivity index (χ2v) is 5.98. The van der Waals surface area contributed by atoms with Gasteiger partial charge >= 0.3 is 0 Å². The molecule has 15 heavy (non-hydrogen) atoms. The van der Waals surface area contributed by atoms with Gasteiger partial charge in [0.25, 0.3) is 0 Å². The Labute approximate surface area is 95.0 Å². The van der Waals surface area contributed by atoms with Crippen LogP contribution in [-0.4, -0.2) is 18.6 Å². The molecular formula is C13H28N2. The molecule has 0 spiro atoms. The smallest absolute Gasteiger partial charge is 0.0109 e. The first-order valence-corrected chi connectivity index (χ1v) is 6.47. The summed E-state index contributed by atoms with van der Waals surface area (Å²) in [5.74, 6) is 0. The van der Waals surface area contributed by atoms with Gasteiger partial charge < -0.3 is 11.1 Å². The van der Waals surface area contributed by atoms with E-state index >= 15 is 0 Å². The van der Waals surface area contributed by atoms with E-state index in [1.54, 1.807) is 0 Å². The van der Waals surface area contributed by atoms with E-state index in [2.05, 4.69) is 26.1 Å². The third-order valence-corrected chi connectivity index (χ3v) is 3.86. The van der Waals surface area contributed by atoms with Gasteiger partial charge in [-0.2, -0.15) is 0 Å². The zero-order valence-corrected chi connectivity index (χ0v) is 10.7. The Hall–Kier alpha value is -0.0800. The fourth-order valence-electron chi connectivity index (χ4n) is 2.54. The Bertz CT molecular complexity index is 175. The maximum absolute atomic E-state index is 5.96. The highest BCUT2D eigenvalue weighted by atomic mass is 14.9. The van der Waals surface area contributed by atoms with Crippen LogP contribution in [0.25, 0.3) is 0 Å². The van der Waals surface area contributed by atoms with E-state index in [9.17, 15) is 0 Å². The molecule has 0 aromatic heterocycles. The molecule has 90 valence electrons. The van der Waals surface area contributed by atoms with Crippen LogP contribution >= 0.6 is 0 Å². The van der Waals surface area contributed by atoms with Crippen LogP contribution in [0.15, 0.2) is 0 Å². The normalized spacial score (nSPS) is 20.8. The van der Waals surface area contributed by atoms with Crippen molar-refractivity contribution in [3.8, 4) is 0 Å². The number of rotatable bonds is 6. The lowest BCUT2D eigenvalue weighted by Gasteiger charge is -2.28. The van der Waals surface area contributed by atoms with Gasteiger partial charge in [-0.1, -0.05) is 19.8 Å². The summed E-state index contributed by atoms with van der Waals surface area (Å²) in [5, 5.41) is 3.60. The molecule has 0 heterocycles. The largest absolute Gasteiger partial charge is 0.326 e. The van der Waals surface area contributed by atoms with Crippen molar-refractivity contribution < 1.29 is 0 Å². The first-order valence-electron chi connectivity index (χ1n) is 6.47. The van der Waals surface area contributed by atoms with Crippen molar-refractivity contribution in [2.45, 2.75) is 64.8 Å². The van der Waals surface area contributed by atoms with Crippen molar-refractivity contribution in [3.63, 3.8) is 0 Å². The summed E-state index contributed by atoms with van der Waals surface area (Å²) in [6.07, 6.45) is 8.08.